The fourth-order valence-electron chi connectivity index (χ4n) is 4.59. The van der Waals surface area contributed by atoms with Crippen molar-refractivity contribution in [1.82, 2.24) is 15.0 Å². The van der Waals surface area contributed by atoms with Gasteiger partial charge in [0.05, 0.1) is 5.92 Å². The highest BCUT2D eigenvalue weighted by Gasteiger charge is 2.53. The Bertz CT molecular complexity index is 878. The lowest BCUT2D eigenvalue weighted by atomic mass is 9.52. The molecular weight excluding hydrogens is 370 g/mol. The summed E-state index contributed by atoms with van der Waals surface area (Å²) >= 11 is 1.35. The number of carbonyl (C=O) groups is 2. The summed E-state index contributed by atoms with van der Waals surface area (Å²) in [6.45, 7) is 5.77. The van der Waals surface area contributed by atoms with Gasteiger partial charge < -0.3 is 10.6 Å². The van der Waals surface area contributed by atoms with E-state index < -0.39 is 0 Å². The molecule has 0 radical (unpaired) electrons. The summed E-state index contributed by atoms with van der Waals surface area (Å²) in [6, 6.07) is 12.0. The lowest BCUT2D eigenvalue weighted by Gasteiger charge is -2.57. The molecule has 1 heterocycles. The first kappa shape index (κ1) is 18.9. The first-order valence-electron chi connectivity index (χ1n) is 9.70. The third-order valence-electron chi connectivity index (χ3n) is 5.94. The van der Waals surface area contributed by atoms with Gasteiger partial charge in [-0.15, -0.1) is 6.58 Å². The van der Waals surface area contributed by atoms with Crippen molar-refractivity contribution in [3.63, 3.8) is 0 Å². The number of hydrogen-bond donors (Lipinski definition) is 2. The van der Waals surface area contributed by atoms with Crippen molar-refractivity contribution in [2.75, 3.05) is 0 Å². The number of hydrogen-bond acceptors (Lipinski definition) is 4. The Labute approximate surface area is 169 Å². The fourth-order valence-corrected chi connectivity index (χ4v) is 5.13. The lowest BCUT2D eigenvalue weighted by molar-refractivity contribution is -0.125. The molecule has 0 aliphatic heterocycles. The molecule has 2 fully saturated rings. The zero-order valence-electron chi connectivity index (χ0n) is 16.0. The minimum absolute atomic E-state index is 0.0177. The normalized spacial score (nSPS) is 26.6. The lowest BCUT2D eigenvalue weighted by Crippen LogP contribution is -2.61. The number of nitrogens with one attached hydrogen (secondary N) is 2. The van der Waals surface area contributed by atoms with Crippen LogP contribution in [0.25, 0.3) is 0 Å². The zero-order chi connectivity index (χ0) is 19.7. The van der Waals surface area contributed by atoms with Crippen molar-refractivity contribution in [2.24, 2.45) is 5.41 Å². The smallest absolute Gasteiger partial charge is 0.271 e. The maximum absolute atomic E-state index is 12.6. The number of amides is 2. The molecule has 1 unspecified atom stereocenters. The van der Waals surface area contributed by atoms with Gasteiger partial charge in [0.25, 0.3) is 5.91 Å². The summed E-state index contributed by atoms with van der Waals surface area (Å²) in [5.74, 6) is -0.373. The second kappa shape index (κ2) is 7.51. The molecule has 1 atom stereocenters. The van der Waals surface area contributed by atoms with E-state index in [0.717, 1.165) is 36.1 Å². The van der Waals surface area contributed by atoms with Crippen LogP contribution in [-0.2, 0) is 4.79 Å². The average molecular weight is 396 g/mol. The Morgan fingerprint density at radius 2 is 1.82 bits per heavy atom. The monoisotopic (exact) mass is 395 g/mol. The number of aryl methyl sites for hydroxylation is 1. The molecule has 4 rings (SSSR count). The van der Waals surface area contributed by atoms with E-state index in [2.05, 4.69) is 21.6 Å². The highest BCUT2D eigenvalue weighted by atomic mass is 32.1. The molecule has 146 valence electrons. The highest BCUT2D eigenvalue weighted by molar-refractivity contribution is 7.05. The van der Waals surface area contributed by atoms with Crippen LogP contribution in [0.1, 0.15) is 52.5 Å². The highest BCUT2D eigenvalue weighted by Crippen LogP contribution is 2.56. The first-order valence-corrected chi connectivity index (χ1v) is 10.5. The zero-order valence-corrected chi connectivity index (χ0v) is 16.8. The predicted octanol–water partition coefficient (Wildman–Crippen LogP) is 3.58. The van der Waals surface area contributed by atoms with E-state index in [1.165, 1.54) is 11.5 Å². The van der Waals surface area contributed by atoms with E-state index in [-0.39, 0.29) is 35.2 Å². The van der Waals surface area contributed by atoms with E-state index in [4.69, 9.17) is 0 Å². The number of carbonyl (C=O) groups excluding carboxylic acids is 2. The molecule has 0 saturated heterocycles. The molecule has 2 N–H and O–H groups in total. The Hall–Kier alpha value is -2.47. The van der Waals surface area contributed by atoms with Gasteiger partial charge in [0.1, 0.15) is 5.69 Å². The predicted molar refractivity (Wildman–Crippen MR) is 110 cm³/mol. The molecular formula is C22H25N3O2S. The second-order valence-electron chi connectivity index (χ2n) is 8.14. The molecule has 1 aromatic carbocycles. The van der Waals surface area contributed by atoms with Crippen molar-refractivity contribution >= 4 is 23.3 Å². The van der Waals surface area contributed by atoms with Crippen molar-refractivity contribution < 1.29 is 9.59 Å². The van der Waals surface area contributed by atoms with E-state index in [1.807, 2.05) is 43.3 Å². The Kier molecular flexibility index (Phi) is 5.06. The van der Waals surface area contributed by atoms with Crippen LogP contribution in [0.4, 0.5) is 0 Å². The Balaban J connectivity index is 1.23. The molecule has 2 aromatic rings. The van der Waals surface area contributed by atoms with Crippen molar-refractivity contribution in [1.29, 1.82) is 0 Å². The van der Waals surface area contributed by atoms with Gasteiger partial charge in [0.2, 0.25) is 5.91 Å². The van der Waals surface area contributed by atoms with Crippen LogP contribution in [0.3, 0.4) is 0 Å². The Morgan fingerprint density at radius 1 is 1.18 bits per heavy atom. The van der Waals surface area contributed by atoms with Crippen LogP contribution < -0.4 is 10.6 Å². The summed E-state index contributed by atoms with van der Waals surface area (Å²) in [7, 11) is 0. The summed E-state index contributed by atoms with van der Waals surface area (Å²) < 4.78 is 4.17. The van der Waals surface area contributed by atoms with E-state index in [1.54, 1.807) is 6.08 Å². The van der Waals surface area contributed by atoms with E-state index in [0.29, 0.717) is 5.69 Å². The van der Waals surface area contributed by atoms with Crippen molar-refractivity contribution in [3.05, 3.63) is 65.2 Å². The van der Waals surface area contributed by atoms with Gasteiger partial charge >= 0.3 is 0 Å². The van der Waals surface area contributed by atoms with Crippen LogP contribution >= 0.6 is 11.5 Å². The van der Waals surface area contributed by atoms with Gasteiger partial charge in [0.15, 0.2) is 0 Å². The molecule has 5 nitrogen and oxygen atoms in total. The summed E-state index contributed by atoms with van der Waals surface area (Å²) in [4.78, 5) is 25.9. The largest absolute Gasteiger partial charge is 0.353 e. The van der Waals surface area contributed by atoms with Crippen molar-refractivity contribution in [3.8, 4) is 0 Å². The van der Waals surface area contributed by atoms with E-state index in [9.17, 15) is 9.59 Å². The number of rotatable bonds is 6. The number of aromatic nitrogens is 1. The van der Waals surface area contributed by atoms with Gasteiger partial charge in [-0.3, -0.25) is 9.59 Å². The SMILES string of the molecule is C=CC(C(=O)NC1CC2(CC(NC(=O)c3cc(C)sn3)C2)C1)c1ccccc1. The third-order valence-corrected chi connectivity index (χ3v) is 6.63. The maximum atomic E-state index is 12.6. The standard InChI is InChI=1S/C22H25N3O2S/c1-3-18(15-7-5-4-6-8-15)20(26)23-16-10-22(11-16)12-17(13-22)24-21(27)19-9-14(2)28-25-19/h3-9,16-18H,1,10-13H2,2H3,(H,23,26)(H,24,27). The first-order chi connectivity index (χ1) is 13.5. The fraction of sp³-hybridized carbons (Fsp3) is 0.409. The second-order valence-corrected chi connectivity index (χ2v) is 9.15. The van der Waals surface area contributed by atoms with Gasteiger partial charge in [0, 0.05) is 17.0 Å². The third kappa shape index (κ3) is 3.74. The number of nitrogens with zero attached hydrogens (tertiary/aromatic N) is 1. The van der Waals surface area contributed by atoms with Crippen LogP contribution in [-0.4, -0.2) is 28.3 Å². The minimum Gasteiger partial charge on any atom is -0.353 e. The topological polar surface area (TPSA) is 71.1 Å². The van der Waals surface area contributed by atoms with Gasteiger partial charge in [-0.05, 0) is 61.2 Å². The molecule has 1 spiro atoms. The Morgan fingerprint density at radius 3 is 2.39 bits per heavy atom. The van der Waals surface area contributed by atoms with Crippen LogP contribution in [0, 0.1) is 12.3 Å². The van der Waals surface area contributed by atoms with Crippen LogP contribution in [0.2, 0.25) is 0 Å². The number of benzene rings is 1. The molecule has 2 amide bonds. The molecule has 2 aliphatic carbocycles. The van der Waals surface area contributed by atoms with Crippen LogP contribution in [0.5, 0.6) is 0 Å². The van der Waals surface area contributed by atoms with Crippen molar-refractivity contribution in [2.45, 2.75) is 50.6 Å². The summed E-state index contributed by atoms with van der Waals surface area (Å²) in [5, 5.41) is 6.25. The molecule has 2 saturated carbocycles. The molecule has 28 heavy (non-hydrogen) atoms. The van der Waals surface area contributed by atoms with Crippen LogP contribution in [0.15, 0.2) is 49.1 Å². The quantitative estimate of drug-likeness (QED) is 0.735. The molecule has 1 aromatic heterocycles. The molecule has 6 heteroatoms. The van der Waals surface area contributed by atoms with Gasteiger partial charge in [-0.25, -0.2) is 0 Å². The van der Waals surface area contributed by atoms with Gasteiger partial charge in [-0.1, -0.05) is 36.4 Å². The van der Waals surface area contributed by atoms with Gasteiger partial charge in [-0.2, -0.15) is 4.37 Å². The van der Waals surface area contributed by atoms with E-state index >= 15 is 0 Å². The average Bonchev–Trinajstić information content (AvgIpc) is 3.06. The molecule has 0 bridgehead atoms. The summed E-state index contributed by atoms with van der Waals surface area (Å²) in [5.41, 5.74) is 1.76. The molecule has 2 aliphatic rings. The summed E-state index contributed by atoms with van der Waals surface area (Å²) in [6.07, 6.45) is 5.64. The maximum Gasteiger partial charge on any atom is 0.271 e. The minimum atomic E-state index is -0.312.